The number of hydrogen-bond donors (Lipinski definition) is 0. The van der Waals surface area contributed by atoms with Crippen LogP contribution in [0.4, 0.5) is 5.82 Å². The molecule has 156 valence electrons. The lowest BCUT2D eigenvalue weighted by Gasteiger charge is -2.34. The first kappa shape index (κ1) is 20.5. The Morgan fingerprint density at radius 1 is 0.900 bits per heavy atom. The van der Waals surface area contributed by atoms with Crippen molar-refractivity contribution in [2.45, 2.75) is 25.2 Å². The molecule has 1 aliphatic rings. The number of aromatic nitrogens is 2. The molecule has 1 saturated heterocycles. The van der Waals surface area contributed by atoms with Crippen molar-refractivity contribution in [3.8, 4) is 11.3 Å². The second-order valence-corrected chi connectivity index (χ2v) is 9.47. The van der Waals surface area contributed by atoms with Gasteiger partial charge < -0.3 is 4.90 Å². The quantitative estimate of drug-likeness (QED) is 0.629. The lowest BCUT2D eigenvalue weighted by molar-refractivity contribution is 0.383. The third-order valence-corrected chi connectivity index (χ3v) is 7.39. The van der Waals surface area contributed by atoms with Crippen LogP contribution < -0.4 is 4.90 Å². The van der Waals surface area contributed by atoms with Gasteiger partial charge in [0.05, 0.1) is 10.6 Å². The van der Waals surface area contributed by atoms with Crippen LogP contribution in [0.5, 0.6) is 0 Å². The maximum absolute atomic E-state index is 12.9. The van der Waals surface area contributed by atoms with Crippen LogP contribution in [0, 0.1) is 6.92 Å². The van der Waals surface area contributed by atoms with E-state index in [-0.39, 0.29) is 0 Å². The topological polar surface area (TPSA) is 66.4 Å². The number of hydrogen-bond acceptors (Lipinski definition) is 5. The molecule has 0 atom stereocenters. The van der Waals surface area contributed by atoms with E-state index in [4.69, 9.17) is 0 Å². The van der Waals surface area contributed by atoms with Crippen molar-refractivity contribution in [3.63, 3.8) is 0 Å². The van der Waals surface area contributed by atoms with Crippen molar-refractivity contribution in [3.05, 3.63) is 71.8 Å². The van der Waals surface area contributed by atoms with E-state index in [2.05, 4.69) is 46.3 Å². The van der Waals surface area contributed by atoms with Gasteiger partial charge in [-0.1, -0.05) is 43.3 Å². The standard InChI is InChI=1S/C23H26N4O2S/c1-3-19-7-9-20(10-8-19)22-11-12-23(25-24-22)26-13-15-27(16-14-26)30(28,29)21-6-4-5-18(2)17-21/h4-12,17H,3,13-16H2,1-2H3. The van der Waals surface area contributed by atoms with Gasteiger partial charge in [0.15, 0.2) is 5.82 Å². The van der Waals surface area contributed by atoms with Crippen molar-refractivity contribution in [2.24, 2.45) is 0 Å². The minimum Gasteiger partial charge on any atom is -0.352 e. The van der Waals surface area contributed by atoms with E-state index in [0.29, 0.717) is 31.1 Å². The molecule has 0 saturated carbocycles. The van der Waals surface area contributed by atoms with E-state index < -0.39 is 10.0 Å². The molecule has 0 N–H and O–H groups in total. The summed E-state index contributed by atoms with van der Waals surface area (Å²) in [6.45, 7) is 6.07. The van der Waals surface area contributed by atoms with Crippen LogP contribution in [0.3, 0.4) is 0 Å². The molecule has 0 unspecified atom stereocenters. The number of piperazine rings is 1. The second kappa shape index (κ2) is 8.53. The van der Waals surface area contributed by atoms with Gasteiger partial charge in [-0.25, -0.2) is 8.42 Å². The summed E-state index contributed by atoms with van der Waals surface area (Å²) in [4.78, 5) is 2.44. The molecule has 0 amide bonds. The third-order valence-electron chi connectivity index (χ3n) is 5.50. The molecule has 1 fully saturated rings. The Balaban J connectivity index is 1.42. The van der Waals surface area contributed by atoms with Gasteiger partial charge in [0.25, 0.3) is 0 Å². The van der Waals surface area contributed by atoms with Gasteiger partial charge in [-0.2, -0.15) is 4.31 Å². The Labute approximate surface area is 178 Å². The van der Waals surface area contributed by atoms with Crippen molar-refractivity contribution in [1.29, 1.82) is 0 Å². The fraction of sp³-hybridized carbons (Fsp3) is 0.304. The van der Waals surface area contributed by atoms with E-state index in [1.165, 1.54) is 5.56 Å². The van der Waals surface area contributed by atoms with Crippen molar-refractivity contribution in [1.82, 2.24) is 14.5 Å². The summed E-state index contributed by atoms with van der Waals surface area (Å²) in [6, 6.07) is 19.3. The Hall–Kier alpha value is -2.77. The molecule has 0 bridgehead atoms. The van der Waals surface area contributed by atoms with Crippen molar-refractivity contribution >= 4 is 15.8 Å². The molecule has 4 rings (SSSR count). The van der Waals surface area contributed by atoms with Gasteiger partial charge in [-0.05, 0) is 48.7 Å². The van der Waals surface area contributed by atoms with Crippen LogP contribution in [0.25, 0.3) is 11.3 Å². The molecule has 6 nitrogen and oxygen atoms in total. The van der Waals surface area contributed by atoms with Gasteiger partial charge in [-0.3, -0.25) is 0 Å². The van der Waals surface area contributed by atoms with Gasteiger partial charge in [0.1, 0.15) is 0 Å². The molecule has 1 aliphatic heterocycles. The number of aryl methyl sites for hydroxylation is 2. The predicted octanol–water partition coefficient (Wildman–Crippen LogP) is 3.53. The van der Waals surface area contributed by atoms with Gasteiger partial charge >= 0.3 is 0 Å². The van der Waals surface area contributed by atoms with Crippen molar-refractivity contribution in [2.75, 3.05) is 31.1 Å². The zero-order valence-electron chi connectivity index (χ0n) is 17.3. The van der Waals surface area contributed by atoms with Gasteiger partial charge in [0, 0.05) is 31.7 Å². The Kier molecular flexibility index (Phi) is 5.83. The van der Waals surface area contributed by atoms with E-state index in [1.54, 1.807) is 22.5 Å². The van der Waals surface area contributed by atoms with Crippen LogP contribution in [-0.4, -0.2) is 49.1 Å². The number of rotatable bonds is 5. The molecular weight excluding hydrogens is 396 g/mol. The summed E-state index contributed by atoms with van der Waals surface area (Å²) in [6.07, 6.45) is 1.01. The second-order valence-electron chi connectivity index (χ2n) is 7.53. The molecule has 30 heavy (non-hydrogen) atoms. The van der Waals surface area contributed by atoms with E-state index in [9.17, 15) is 8.42 Å². The average molecular weight is 423 g/mol. The zero-order chi connectivity index (χ0) is 21.1. The number of benzene rings is 2. The fourth-order valence-electron chi connectivity index (χ4n) is 3.64. The Morgan fingerprint density at radius 2 is 1.63 bits per heavy atom. The minimum atomic E-state index is -3.47. The van der Waals surface area contributed by atoms with Gasteiger partial charge in [-0.15, -0.1) is 10.2 Å². The van der Waals surface area contributed by atoms with Crippen LogP contribution in [-0.2, 0) is 16.4 Å². The Bertz CT molecular complexity index is 1100. The van der Waals surface area contributed by atoms with Crippen LogP contribution in [0.2, 0.25) is 0 Å². The largest absolute Gasteiger partial charge is 0.352 e. The number of nitrogens with zero attached hydrogens (tertiary/aromatic N) is 4. The average Bonchev–Trinajstić information content (AvgIpc) is 2.79. The predicted molar refractivity (Wildman–Crippen MR) is 119 cm³/mol. The molecular formula is C23H26N4O2S. The number of sulfonamides is 1. The molecule has 0 radical (unpaired) electrons. The smallest absolute Gasteiger partial charge is 0.243 e. The SMILES string of the molecule is CCc1ccc(-c2ccc(N3CCN(S(=O)(=O)c4cccc(C)c4)CC3)nn2)cc1. The maximum Gasteiger partial charge on any atom is 0.243 e. The lowest BCUT2D eigenvalue weighted by Crippen LogP contribution is -2.49. The summed E-state index contributed by atoms with van der Waals surface area (Å²) in [5.41, 5.74) is 4.11. The lowest BCUT2D eigenvalue weighted by atomic mass is 10.1. The summed E-state index contributed by atoms with van der Waals surface area (Å²) in [7, 11) is -3.47. The van der Waals surface area contributed by atoms with E-state index in [1.807, 2.05) is 25.1 Å². The summed E-state index contributed by atoms with van der Waals surface area (Å²) < 4.78 is 27.4. The molecule has 2 heterocycles. The first-order valence-electron chi connectivity index (χ1n) is 10.2. The minimum absolute atomic E-state index is 0.356. The third kappa shape index (κ3) is 4.22. The van der Waals surface area contributed by atoms with Crippen LogP contribution in [0.1, 0.15) is 18.1 Å². The first-order chi connectivity index (χ1) is 14.5. The van der Waals surface area contributed by atoms with Crippen LogP contribution in [0.15, 0.2) is 65.6 Å². The van der Waals surface area contributed by atoms with E-state index >= 15 is 0 Å². The number of anilines is 1. The molecule has 2 aromatic carbocycles. The fourth-order valence-corrected chi connectivity index (χ4v) is 5.17. The highest BCUT2D eigenvalue weighted by molar-refractivity contribution is 7.89. The first-order valence-corrected chi connectivity index (χ1v) is 11.7. The highest BCUT2D eigenvalue weighted by Crippen LogP contribution is 2.22. The maximum atomic E-state index is 12.9. The zero-order valence-corrected chi connectivity index (χ0v) is 18.1. The normalized spacial score (nSPS) is 15.3. The van der Waals surface area contributed by atoms with Crippen molar-refractivity contribution < 1.29 is 8.42 Å². The molecule has 7 heteroatoms. The Morgan fingerprint density at radius 3 is 2.23 bits per heavy atom. The molecule has 0 aliphatic carbocycles. The summed E-state index contributed by atoms with van der Waals surface area (Å²) in [5, 5.41) is 8.77. The van der Waals surface area contributed by atoms with Gasteiger partial charge in [0.2, 0.25) is 10.0 Å². The monoisotopic (exact) mass is 422 g/mol. The highest BCUT2D eigenvalue weighted by Gasteiger charge is 2.29. The molecule has 0 spiro atoms. The van der Waals surface area contributed by atoms with Crippen LogP contribution >= 0.6 is 0 Å². The summed E-state index contributed by atoms with van der Waals surface area (Å²) >= 11 is 0. The molecule has 3 aromatic rings. The molecule has 1 aromatic heterocycles. The highest BCUT2D eigenvalue weighted by atomic mass is 32.2. The summed E-state index contributed by atoms with van der Waals surface area (Å²) in [5.74, 6) is 0.775. The van der Waals surface area contributed by atoms with E-state index in [0.717, 1.165) is 29.1 Å².